The second-order valence-electron chi connectivity index (χ2n) is 7.34. The van der Waals surface area contributed by atoms with E-state index in [1.54, 1.807) is 0 Å². The summed E-state index contributed by atoms with van der Waals surface area (Å²) in [6, 6.07) is 29.9. The number of hydrogen-bond acceptors (Lipinski definition) is 3. The summed E-state index contributed by atoms with van der Waals surface area (Å²) in [6.45, 7) is 7.20. The molecule has 28 heavy (non-hydrogen) atoms. The highest BCUT2D eigenvalue weighted by Crippen LogP contribution is 2.19. The lowest BCUT2D eigenvalue weighted by Gasteiger charge is -2.33. The summed E-state index contributed by atoms with van der Waals surface area (Å²) in [4.78, 5) is 2.51. The van der Waals surface area contributed by atoms with Gasteiger partial charge < -0.3 is 0 Å². The second kappa shape index (κ2) is 8.85. The summed E-state index contributed by atoms with van der Waals surface area (Å²) in [7, 11) is 0. The van der Waals surface area contributed by atoms with E-state index in [1.165, 1.54) is 22.3 Å². The van der Waals surface area contributed by atoms with E-state index in [9.17, 15) is 0 Å². The monoisotopic (exact) mass is 369 g/mol. The molecule has 3 nitrogen and oxygen atoms in total. The van der Waals surface area contributed by atoms with Crippen LogP contribution in [-0.2, 0) is 6.54 Å². The average molecular weight is 370 g/mol. The van der Waals surface area contributed by atoms with Crippen LogP contribution in [0.1, 0.15) is 18.1 Å². The Hall–Kier alpha value is -2.91. The maximum atomic E-state index is 4.87. The maximum Gasteiger partial charge on any atom is 0.0646 e. The van der Waals surface area contributed by atoms with Crippen LogP contribution >= 0.6 is 0 Å². The van der Waals surface area contributed by atoms with Crippen molar-refractivity contribution in [3.63, 3.8) is 0 Å². The highest BCUT2D eigenvalue weighted by Gasteiger charge is 2.16. The first-order valence-corrected chi connectivity index (χ1v) is 10.0. The predicted molar refractivity (Wildman–Crippen MR) is 117 cm³/mol. The van der Waals surface area contributed by atoms with Crippen molar-refractivity contribution in [2.45, 2.75) is 13.5 Å². The number of benzene rings is 3. The van der Waals surface area contributed by atoms with Crippen LogP contribution in [0.25, 0.3) is 11.1 Å². The summed E-state index contributed by atoms with van der Waals surface area (Å²) in [5, 5.41) is 7.08. The van der Waals surface area contributed by atoms with Gasteiger partial charge in [-0.2, -0.15) is 5.10 Å². The van der Waals surface area contributed by atoms with E-state index in [4.69, 9.17) is 5.10 Å². The third-order valence-electron chi connectivity index (χ3n) is 5.30. The summed E-state index contributed by atoms with van der Waals surface area (Å²) in [5.41, 5.74) is 6.14. The Morgan fingerprint density at radius 2 is 1.29 bits per heavy atom. The molecule has 0 amide bonds. The fraction of sp³-hybridized carbons (Fsp3) is 0.240. The van der Waals surface area contributed by atoms with Crippen molar-refractivity contribution in [3.8, 4) is 11.1 Å². The molecule has 0 atom stereocenters. The minimum atomic E-state index is 0.978. The average Bonchev–Trinajstić information content (AvgIpc) is 2.76. The Labute approximate surface area is 167 Å². The standard InChI is InChI=1S/C25H27N3/c1-21(23-12-14-25(15-13-23)24-10-6-3-7-11-24)26-28-18-16-27(17-19-28)20-22-8-4-2-5-9-22/h2-15H,16-20H2,1H3/b26-21+. The highest BCUT2D eigenvalue weighted by atomic mass is 15.5. The lowest BCUT2D eigenvalue weighted by Crippen LogP contribution is -2.43. The fourth-order valence-corrected chi connectivity index (χ4v) is 3.64. The highest BCUT2D eigenvalue weighted by molar-refractivity contribution is 5.98. The third-order valence-corrected chi connectivity index (χ3v) is 5.30. The van der Waals surface area contributed by atoms with Gasteiger partial charge in [0.2, 0.25) is 0 Å². The van der Waals surface area contributed by atoms with Crippen LogP contribution < -0.4 is 0 Å². The molecule has 4 rings (SSSR count). The molecule has 0 aliphatic carbocycles. The Morgan fingerprint density at radius 3 is 1.93 bits per heavy atom. The lowest BCUT2D eigenvalue weighted by molar-refractivity contribution is 0.130. The number of piperazine rings is 1. The Balaban J connectivity index is 1.34. The summed E-state index contributed by atoms with van der Waals surface area (Å²) < 4.78 is 0. The lowest BCUT2D eigenvalue weighted by atomic mass is 10.0. The second-order valence-corrected chi connectivity index (χ2v) is 7.34. The van der Waals surface area contributed by atoms with E-state index in [0.29, 0.717) is 0 Å². The van der Waals surface area contributed by atoms with Crippen molar-refractivity contribution in [2.24, 2.45) is 5.10 Å². The molecule has 3 aromatic rings. The Kier molecular flexibility index (Phi) is 5.83. The largest absolute Gasteiger partial charge is 0.295 e. The van der Waals surface area contributed by atoms with Crippen LogP contribution in [0, 0.1) is 0 Å². The Morgan fingerprint density at radius 1 is 0.714 bits per heavy atom. The minimum absolute atomic E-state index is 0.978. The third kappa shape index (κ3) is 4.68. The first-order chi connectivity index (χ1) is 13.8. The molecule has 1 aliphatic heterocycles. The number of hydrogen-bond donors (Lipinski definition) is 0. The first kappa shape index (κ1) is 18.5. The molecule has 0 N–H and O–H groups in total. The molecule has 3 heteroatoms. The van der Waals surface area contributed by atoms with E-state index in [2.05, 4.69) is 95.7 Å². The zero-order valence-electron chi connectivity index (χ0n) is 16.5. The van der Waals surface area contributed by atoms with Crippen molar-refractivity contribution in [3.05, 3.63) is 96.1 Å². The number of rotatable bonds is 5. The van der Waals surface area contributed by atoms with Gasteiger partial charge in [0.1, 0.15) is 0 Å². The van der Waals surface area contributed by atoms with E-state index in [1.807, 2.05) is 6.07 Å². The molecule has 1 saturated heterocycles. The van der Waals surface area contributed by atoms with Crippen LogP contribution in [0.2, 0.25) is 0 Å². The van der Waals surface area contributed by atoms with E-state index >= 15 is 0 Å². The fourth-order valence-electron chi connectivity index (χ4n) is 3.64. The van der Waals surface area contributed by atoms with Crippen molar-refractivity contribution in [1.82, 2.24) is 9.91 Å². The van der Waals surface area contributed by atoms with Gasteiger partial charge >= 0.3 is 0 Å². The molecule has 0 saturated carbocycles. The number of nitrogens with zero attached hydrogens (tertiary/aromatic N) is 3. The van der Waals surface area contributed by atoms with Crippen molar-refractivity contribution in [1.29, 1.82) is 0 Å². The zero-order valence-corrected chi connectivity index (χ0v) is 16.5. The summed E-state index contributed by atoms with van der Waals surface area (Å²) >= 11 is 0. The summed E-state index contributed by atoms with van der Waals surface area (Å²) in [5.74, 6) is 0. The van der Waals surface area contributed by atoms with Gasteiger partial charge in [-0.25, -0.2) is 0 Å². The van der Waals surface area contributed by atoms with E-state index in [-0.39, 0.29) is 0 Å². The Bertz CT molecular complexity index is 894. The molecule has 0 aromatic heterocycles. The molecule has 1 heterocycles. The molecule has 142 valence electrons. The first-order valence-electron chi connectivity index (χ1n) is 10.0. The maximum absolute atomic E-state index is 4.87. The van der Waals surface area contributed by atoms with Gasteiger partial charge in [0.25, 0.3) is 0 Å². The van der Waals surface area contributed by atoms with Gasteiger partial charge in [-0.05, 0) is 29.2 Å². The summed E-state index contributed by atoms with van der Waals surface area (Å²) in [6.07, 6.45) is 0. The van der Waals surface area contributed by atoms with Gasteiger partial charge in [0.15, 0.2) is 0 Å². The van der Waals surface area contributed by atoms with Crippen LogP contribution in [0.5, 0.6) is 0 Å². The zero-order chi connectivity index (χ0) is 19.2. The molecule has 0 bridgehead atoms. The van der Waals surface area contributed by atoms with Crippen LogP contribution in [0.15, 0.2) is 90.0 Å². The van der Waals surface area contributed by atoms with Crippen molar-refractivity contribution >= 4 is 5.71 Å². The van der Waals surface area contributed by atoms with Crippen LogP contribution in [-0.4, -0.2) is 41.8 Å². The topological polar surface area (TPSA) is 18.8 Å². The quantitative estimate of drug-likeness (QED) is 0.596. The molecule has 0 radical (unpaired) electrons. The molecule has 0 spiro atoms. The van der Waals surface area contributed by atoms with E-state index in [0.717, 1.165) is 38.4 Å². The van der Waals surface area contributed by atoms with Gasteiger partial charge in [-0.1, -0.05) is 84.9 Å². The van der Waals surface area contributed by atoms with Gasteiger partial charge in [0, 0.05) is 32.7 Å². The van der Waals surface area contributed by atoms with Gasteiger partial charge in [-0.15, -0.1) is 0 Å². The number of hydrazone groups is 1. The van der Waals surface area contributed by atoms with Gasteiger partial charge in [-0.3, -0.25) is 9.91 Å². The molecular formula is C25H27N3. The smallest absolute Gasteiger partial charge is 0.0646 e. The van der Waals surface area contributed by atoms with E-state index < -0.39 is 0 Å². The normalized spacial score (nSPS) is 15.6. The van der Waals surface area contributed by atoms with Gasteiger partial charge in [0.05, 0.1) is 5.71 Å². The molecule has 1 aliphatic rings. The van der Waals surface area contributed by atoms with Crippen LogP contribution in [0.4, 0.5) is 0 Å². The minimum Gasteiger partial charge on any atom is -0.295 e. The van der Waals surface area contributed by atoms with Crippen molar-refractivity contribution in [2.75, 3.05) is 26.2 Å². The molecule has 0 unspecified atom stereocenters. The SMILES string of the molecule is C/C(=N\N1CCN(Cc2ccccc2)CC1)c1ccc(-c2ccccc2)cc1. The molecular weight excluding hydrogens is 342 g/mol. The van der Waals surface area contributed by atoms with Crippen LogP contribution in [0.3, 0.4) is 0 Å². The molecule has 3 aromatic carbocycles. The van der Waals surface area contributed by atoms with Crippen molar-refractivity contribution < 1.29 is 0 Å². The molecule has 1 fully saturated rings. The predicted octanol–water partition coefficient (Wildman–Crippen LogP) is 4.90.